The third-order valence-electron chi connectivity index (χ3n) is 2.57. The number of carbonyl (C=O) groups excluding carboxylic acids is 1. The summed E-state index contributed by atoms with van der Waals surface area (Å²) in [7, 11) is 0. The maximum Gasteiger partial charge on any atom is 0.499 e. The Bertz CT molecular complexity index is 450. The number of halogens is 5. The van der Waals surface area contributed by atoms with Gasteiger partial charge >= 0.3 is 12.3 Å². The molecule has 0 aliphatic rings. The van der Waals surface area contributed by atoms with E-state index in [1.807, 2.05) is 0 Å². The van der Waals surface area contributed by atoms with Crippen LogP contribution in [0.5, 0.6) is 5.75 Å². The SMILES string of the molecule is CC(=O)C(C)c1ccc(OC(F)(F)C(F)(F)F)cc1. The molecule has 1 aromatic rings. The Morgan fingerprint density at radius 3 is 1.95 bits per heavy atom. The van der Waals surface area contributed by atoms with Crippen LogP contribution in [0.3, 0.4) is 0 Å². The first-order valence-corrected chi connectivity index (χ1v) is 5.28. The predicted octanol–water partition coefficient (Wildman–Crippen LogP) is 3.91. The van der Waals surface area contributed by atoms with Crippen molar-refractivity contribution in [1.82, 2.24) is 0 Å². The molecule has 0 aromatic heterocycles. The first-order chi connectivity index (χ1) is 8.54. The lowest BCUT2D eigenvalue weighted by Gasteiger charge is -2.20. The molecule has 1 atom stereocenters. The van der Waals surface area contributed by atoms with Gasteiger partial charge in [0.1, 0.15) is 11.5 Å². The van der Waals surface area contributed by atoms with Gasteiger partial charge in [0.05, 0.1) is 0 Å². The number of ketones is 1. The number of hydrogen-bond acceptors (Lipinski definition) is 2. The van der Waals surface area contributed by atoms with E-state index in [0.717, 1.165) is 12.1 Å². The molecule has 1 aromatic carbocycles. The molecule has 2 nitrogen and oxygen atoms in total. The van der Waals surface area contributed by atoms with Gasteiger partial charge in [-0.1, -0.05) is 19.1 Å². The lowest BCUT2D eigenvalue weighted by Crippen LogP contribution is -2.41. The van der Waals surface area contributed by atoms with Gasteiger partial charge in [-0.25, -0.2) is 0 Å². The first kappa shape index (κ1) is 15.4. The second kappa shape index (κ2) is 5.14. The number of hydrogen-bond donors (Lipinski definition) is 0. The van der Waals surface area contributed by atoms with E-state index in [2.05, 4.69) is 4.74 Å². The van der Waals surface area contributed by atoms with E-state index in [4.69, 9.17) is 0 Å². The molecule has 0 N–H and O–H groups in total. The molecule has 0 bridgehead atoms. The van der Waals surface area contributed by atoms with Crippen LogP contribution < -0.4 is 4.74 Å². The van der Waals surface area contributed by atoms with Crippen LogP contribution in [-0.4, -0.2) is 18.1 Å². The van der Waals surface area contributed by atoms with Crippen LogP contribution in [0.25, 0.3) is 0 Å². The van der Waals surface area contributed by atoms with Gasteiger partial charge in [-0.2, -0.15) is 22.0 Å². The number of carbonyl (C=O) groups is 1. The van der Waals surface area contributed by atoms with E-state index >= 15 is 0 Å². The Morgan fingerprint density at radius 1 is 1.11 bits per heavy atom. The molecule has 0 amide bonds. The second-order valence-corrected chi connectivity index (χ2v) is 4.02. The number of alkyl halides is 5. The van der Waals surface area contributed by atoms with Crippen LogP contribution in [0.4, 0.5) is 22.0 Å². The molecule has 7 heteroatoms. The largest absolute Gasteiger partial charge is 0.499 e. The van der Waals surface area contributed by atoms with Crippen molar-refractivity contribution in [2.75, 3.05) is 0 Å². The number of rotatable bonds is 4. The van der Waals surface area contributed by atoms with Crippen molar-refractivity contribution in [3.63, 3.8) is 0 Å². The molecule has 0 fully saturated rings. The average molecular weight is 282 g/mol. The molecule has 0 radical (unpaired) electrons. The normalized spacial score (nSPS) is 14.1. The van der Waals surface area contributed by atoms with Crippen molar-refractivity contribution in [1.29, 1.82) is 0 Å². The Labute approximate surface area is 106 Å². The van der Waals surface area contributed by atoms with Gasteiger partial charge in [0.25, 0.3) is 0 Å². The number of benzene rings is 1. The van der Waals surface area contributed by atoms with Crippen molar-refractivity contribution in [2.24, 2.45) is 0 Å². The molecule has 0 heterocycles. The van der Waals surface area contributed by atoms with Gasteiger partial charge < -0.3 is 4.74 Å². The topological polar surface area (TPSA) is 26.3 Å². The summed E-state index contributed by atoms with van der Waals surface area (Å²) in [6.07, 6.45) is -11.0. The van der Waals surface area contributed by atoms with E-state index in [1.165, 1.54) is 19.1 Å². The zero-order chi connectivity index (χ0) is 14.8. The molecular formula is C12H11F5O2. The van der Waals surface area contributed by atoms with E-state index in [1.54, 1.807) is 6.92 Å². The van der Waals surface area contributed by atoms with Gasteiger partial charge in [0.2, 0.25) is 0 Å². The van der Waals surface area contributed by atoms with Crippen LogP contribution in [0, 0.1) is 0 Å². The lowest BCUT2D eigenvalue weighted by molar-refractivity contribution is -0.360. The van der Waals surface area contributed by atoms with Crippen LogP contribution in [0.1, 0.15) is 25.3 Å². The van der Waals surface area contributed by atoms with Crippen molar-refractivity contribution in [3.8, 4) is 5.75 Å². The second-order valence-electron chi connectivity index (χ2n) is 4.02. The predicted molar refractivity (Wildman–Crippen MR) is 57.2 cm³/mol. The molecular weight excluding hydrogens is 271 g/mol. The van der Waals surface area contributed by atoms with Crippen LogP contribution >= 0.6 is 0 Å². The minimum Gasteiger partial charge on any atom is -0.426 e. The molecule has 1 rings (SSSR count). The number of ether oxygens (including phenoxy) is 1. The van der Waals surface area contributed by atoms with Gasteiger partial charge in [-0.3, -0.25) is 4.79 Å². The fourth-order valence-corrected chi connectivity index (χ4v) is 1.27. The maximum atomic E-state index is 12.6. The van der Waals surface area contributed by atoms with E-state index in [9.17, 15) is 26.7 Å². The lowest BCUT2D eigenvalue weighted by atomic mass is 9.98. The van der Waals surface area contributed by atoms with Crippen LogP contribution in [-0.2, 0) is 4.79 Å². The minimum absolute atomic E-state index is 0.144. The summed E-state index contributed by atoms with van der Waals surface area (Å²) in [6.45, 7) is 2.95. The van der Waals surface area contributed by atoms with Crippen molar-refractivity contribution < 1.29 is 31.5 Å². The fourth-order valence-electron chi connectivity index (χ4n) is 1.27. The monoisotopic (exact) mass is 282 g/mol. The van der Waals surface area contributed by atoms with E-state index in [0.29, 0.717) is 5.56 Å². The van der Waals surface area contributed by atoms with E-state index < -0.39 is 24.0 Å². The minimum atomic E-state index is -5.78. The smallest absolute Gasteiger partial charge is 0.426 e. The molecule has 0 aliphatic carbocycles. The highest BCUT2D eigenvalue weighted by Crippen LogP contribution is 2.37. The fraction of sp³-hybridized carbons (Fsp3) is 0.417. The molecule has 19 heavy (non-hydrogen) atoms. The highest BCUT2D eigenvalue weighted by molar-refractivity contribution is 5.82. The van der Waals surface area contributed by atoms with Crippen molar-refractivity contribution in [2.45, 2.75) is 32.1 Å². The van der Waals surface area contributed by atoms with Crippen molar-refractivity contribution >= 4 is 5.78 Å². The summed E-state index contributed by atoms with van der Waals surface area (Å²) >= 11 is 0. The van der Waals surface area contributed by atoms with Crippen LogP contribution in [0.15, 0.2) is 24.3 Å². The standard InChI is InChI=1S/C12H11F5O2/c1-7(8(2)18)9-3-5-10(6-4-9)19-12(16,17)11(13,14)15/h3-7H,1-2H3. The Kier molecular flexibility index (Phi) is 4.17. The molecule has 106 valence electrons. The van der Waals surface area contributed by atoms with Crippen molar-refractivity contribution in [3.05, 3.63) is 29.8 Å². The summed E-state index contributed by atoms with van der Waals surface area (Å²) in [5, 5.41) is 0. The van der Waals surface area contributed by atoms with E-state index in [-0.39, 0.29) is 5.78 Å². The summed E-state index contributed by atoms with van der Waals surface area (Å²) in [6, 6.07) is 4.48. The van der Waals surface area contributed by atoms with Gasteiger partial charge in [0.15, 0.2) is 0 Å². The number of Topliss-reactive ketones (excluding diaryl/α,β-unsaturated/α-hetero) is 1. The molecule has 0 saturated carbocycles. The van der Waals surface area contributed by atoms with Crippen LogP contribution in [0.2, 0.25) is 0 Å². The highest BCUT2D eigenvalue weighted by Gasteiger charge is 2.61. The first-order valence-electron chi connectivity index (χ1n) is 5.28. The highest BCUT2D eigenvalue weighted by atomic mass is 19.4. The summed E-state index contributed by atoms with van der Waals surface area (Å²) in [4.78, 5) is 11.1. The Hall–Kier alpha value is -1.66. The summed E-state index contributed by atoms with van der Waals surface area (Å²) < 4.78 is 64.6. The molecule has 0 aliphatic heterocycles. The maximum absolute atomic E-state index is 12.6. The third-order valence-corrected chi connectivity index (χ3v) is 2.57. The Morgan fingerprint density at radius 2 is 1.58 bits per heavy atom. The zero-order valence-electron chi connectivity index (χ0n) is 10.1. The third kappa shape index (κ3) is 3.65. The molecule has 0 spiro atoms. The molecule has 0 saturated heterocycles. The molecule has 1 unspecified atom stereocenters. The van der Waals surface area contributed by atoms with Gasteiger partial charge in [-0.05, 0) is 24.6 Å². The quantitative estimate of drug-likeness (QED) is 0.782. The van der Waals surface area contributed by atoms with Gasteiger partial charge in [-0.15, -0.1) is 0 Å². The zero-order valence-corrected chi connectivity index (χ0v) is 10.1. The Balaban J connectivity index is 2.86. The summed E-state index contributed by atoms with van der Waals surface area (Å²) in [5.74, 6) is -1.23. The summed E-state index contributed by atoms with van der Waals surface area (Å²) in [5.41, 5.74) is 0.509. The average Bonchev–Trinajstić information content (AvgIpc) is 2.27. The van der Waals surface area contributed by atoms with Gasteiger partial charge in [0, 0.05) is 5.92 Å².